The average molecular weight is 403 g/mol. The molecule has 0 heterocycles. The van der Waals surface area contributed by atoms with Crippen LogP contribution in [0.25, 0.3) is 11.1 Å². The summed E-state index contributed by atoms with van der Waals surface area (Å²) >= 11 is 0. The first-order valence-electron chi connectivity index (χ1n) is 11.1. The van der Waals surface area contributed by atoms with Gasteiger partial charge in [-0.25, -0.2) is 8.78 Å². The van der Waals surface area contributed by atoms with Crippen LogP contribution in [-0.4, -0.2) is 12.2 Å². The van der Waals surface area contributed by atoms with Crippen LogP contribution in [0.4, 0.5) is 8.78 Å². The van der Waals surface area contributed by atoms with Gasteiger partial charge in [0, 0.05) is 18.6 Å². The highest BCUT2D eigenvalue weighted by molar-refractivity contribution is 5.64. The van der Waals surface area contributed by atoms with Crippen LogP contribution < -0.4 is 0 Å². The van der Waals surface area contributed by atoms with Crippen molar-refractivity contribution in [2.45, 2.75) is 84.2 Å². The third-order valence-electron chi connectivity index (χ3n) is 5.71. The van der Waals surface area contributed by atoms with Crippen LogP contribution >= 0.6 is 0 Å². The van der Waals surface area contributed by atoms with Gasteiger partial charge < -0.3 is 4.74 Å². The van der Waals surface area contributed by atoms with Gasteiger partial charge in [0.05, 0.1) is 5.60 Å². The minimum atomic E-state index is -0.553. The van der Waals surface area contributed by atoms with Gasteiger partial charge in [0.2, 0.25) is 0 Å². The first-order chi connectivity index (χ1) is 13.9. The third-order valence-corrected chi connectivity index (χ3v) is 5.71. The van der Waals surface area contributed by atoms with E-state index in [1.165, 1.54) is 56.2 Å². The van der Waals surface area contributed by atoms with E-state index in [9.17, 15) is 8.78 Å². The van der Waals surface area contributed by atoms with Crippen molar-refractivity contribution in [3.8, 4) is 11.1 Å². The molecular formula is C26H36F2O. The Hall–Kier alpha value is -1.74. The van der Waals surface area contributed by atoms with Crippen LogP contribution in [0.5, 0.6) is 0 Å². The number of ether oxygens (including phenoxy) is 1. The lowest BCUT2D eigenvalue weighted by Crippen LogP contribution is -2.33. The Balaban J connectivity index is 2.14. The molecule has 0 aromatic heterocycles. The first kappa shape index (κ1) is 23.5. The smallest absolute Gasteiger partial charge is 0.126 e. The summed E-state index contributed by atoms with van der Waals surface area (Å²) in [7, 11) is 0. The maximum absolute atomic E-state index is 13.6. The van der Waals surface area contributed by atoms with Gasteiger partial charge in [-0.3, -0.25) is 0 Å². The van der Waals surface area contributed by atoms with E-state index in [-0.39, 0.29) is 11.5 Å². The van der Waals surface area contributed by atoms with E-state index in [1.807, 2.05) is 19.1 Å². The zero-order valence-electron chi connectivity index (χ0n) is 18.4. The molecule has 0 aliphatic rings. The molecule has 160 valence electrons. The third kappa shape index (κ3) is 7.22. The fourth-order valence-corrected chi connectivity index (χ4v) is 4.15. The van der Waals surface area contributed by atoms with Gasteiger partial charge in [-0.15, -0.1) is 0 Å². The summed E-state index contributed by atoms with van der Waals surface area (Å²) in [6, 6.07) is 11.7. The standard InChI is InChI=1S/C26H36F2O/c1-5-7-8-9-10-11-12-25(26(3,4)29-6-2)21-15-13-20(14-16-21)22-17-23(27)19-24(28)18-22/h13-19,25H,5-12H2,1-4H3. The molecule has 0 aliphatic carbocycles. The maximum Gasteiger partial charge on any atom is 0.126 e. The van der Waals surface area contributed by atoms with Crippen LogP contribution in [0.3, 0.4) is 0 Å². The monoisotopic (exact) mass is 402 g/mol. The number of hydrogen-bond donors (Lipinski definition) is 0. The van der Waals surface area contributed by atoms with E-state index in [4.69, 9.17) is 4.74 Å². The van der Waals surface area contributed by atoms with E-state index in [0.29, 0.717) is 12.2 Å². The quantitative estimate of drug-likeness (QED) is 0.325. The van der Waals surface area contributed by atoms with Crippen LogP contribution in [0.1, 0.15) is 84.1 Å². The van der Waals surface area contributed by atoms with Gasteiger partial charge in [0.1, 0.15) is 11.6 Å². The predicted molar refractivity (Wildman–Crippen MR) is 118 cm³/mol. The molecule has 1 unspecified atom stereocenters. The van der Waals surface area contributed by atoms with E-state index in [2.05, 4.69) is 32.9 Å². The van der Waals surface area contributed by atoms with Crippen LogP contribution in [-0.2, 0) is 4.74 Å². The van der Waals surface area contributed by atoms with Crippen molar-refractivity contribution in [2.75, 3.05) is 6.61 Å². The molecule has 2 aromatic rings. The van der Waals surface area contributed by atoms with Crippen molar-refractivity contribution < 1.29 is 13.5 Å². The minimum Gasteiger partial charge on any atom is -0.375 e. The largest absolute Gasteiger partial charge is 0.375 e. The molecule has 0 N–H and O–H groups in total. The highest BCUT2D eigenvalue weighted by Crippen LogP contribution is 2.37. The van der Waals surface area contributed by atoms with Crippen molar-refractivity contribution in [2.24, 2.45) is 0 Å². The number of hydrogen-bond acceptors (Lipinski definition) is 1. The Morgan fingerprint density at radius 3 is 1.97 bits per heavy atom. The molecule has 29 heavy (non-hydrogen) atoms. The fourth-order valence-electron chi connectivity index (χ4n) is 4.15. The lowest BCUT2D eigenvalue weighted by atomic mass is 9.80. The number of halogens is 2. The van der Waals surface area contributed by atoms with E-state index < -0.39 is 11.6 Å². The van der Waals surface area contributed by atoms with Crippen molar-refractivity contribution in [1.82, 2.24) is 0 Å². The van der Waals surface area contributed by atoms with E-state index in [1.54, 1.807) is 0 Å². The normalized spacial score (nSPS) is 12.9. The molecule has 2 rings (SSSR count). The second-order valence-electron chi connectivity index (χ2n) is 8.43. The molecule has 1 atom stereocenters. The van der Waals surface area contributed by atoms with E-state index >= 15 is 0 Å². The summed E-state index contributed by atoms with van der Waals surface area (Å²) in [6.45, 7) is 9.27. The molecule has 2 aromatic carbocycles. The van der Waals surface area contributed by atoms with Crippen LogP contribution in [0, 0.1) is 11.6 Å². The molecule has 0 spiro atoms. The average Bonchev–Trinajstić information content (AvgIpc) is 2.66. The number of benzene rings is 2. The molecule has 0 aliphatic heterocycles. The Morgan fingerprint density at radius 2 is 1.38 bits per heavy atom. The highest BCUT2D eigenvalue weighted by atomic mass is 19.1. The summed E-state index contributed by atoms with van der Waals surface area (Å²) < 4.78 is 33.2. The molecule has 0 saturated heterocycles. The van der Waals surface area contributed by atoms with Crippen LogP contribution in [0.15, 0.2) is 42.5 Å². The zero-order valence-corrected chi connectivity index (χ0v) is 18.4. The highest BCUT2D eigenvalue weighted by Gasteiger charge is 2.31. The maximum atomic E-state index is 13.6. The summed E-state index contributed by atoms with van der Waals surface area (Å²) in [5, 5.41) is 0. The SMILES string of the molecule is CCCCCCCCC(c1ccc(-c2cc(F)cc(F)c2)cc1)C(C)(C)OCC. The Kier molecular flexibility index (Phi) is 9.29. The Morgan fingerprint density at radius 1 is 0.793 bits per heavy atom. The van der Waals surface area contributed by atoms with Gasteiger partial charge in [-0.1, -0.05) is 69.7 Å². The van der Waals surface area contributed by atoms with Crippen molar-refractivity contribution >= 4 is 0 Å². The van der Waals surface area contributed by atoms with Crippen molar-refractivity contribution in [1.29, 1.82) is 0 Å². The van der Waals surface area contributed by atoms with Gasteiger partial charge in [0.25, 0.3) is 0 Å². The van der Waals surface area contributed by atoms with E-state index in [0.717, 1.165) is 18.1 Å². The summed E-state index contributed by atoms with van der Waals surface area (Å²) in [5.74, 6) is -0.822. The Labute approximate surface area is 175 Å². The fraction of sp³-hybridized carbons (Fsp3) is 0.538. The summed E-state index contributed by atoms with van der Waals surface area (Å²) in [4.78, 5) is 0. The van der Waals surface area contributed by atoms with Crippen molar-refractivity contribution in [3.63, 3.8) is 0 Å². The molecule has 0 fully saturated rings. The second kappa shape index (κ2) is 11.4. The molecular weight excluding hydrogens is 366 g/mol. The summed E-state index contributed by atoms with van der Waals surface area (Å²) in [5.41, 5.74) is 2.34. The predicted octanol–water partition coefficient (Wildman–Crippen LogP) is 8.28. The molecule has 0 radical (unpaired) electrons. The van der Waals surface area contributed by atoms with Crippen LogP contribution in [0.2, 0.25) is 0 Å². The first-order valence-corrected chi connectivity index (χ1v) is 11.1. The molecule has 1 nitrogen and oxygen atoms in total. The lowest BCUT2D eigenvalue weighted by Gasteiger charge is -2.35. The van der Waals surface area contributed by atoms with Gasteiger partial charge in [-0.2, -0.15) is 0 Å². The van der Waals surface area contributed by atoms with Gasteiger partial charge >= 0.3 is 0 Å². The molecule has 0 amide bonds. The zero-order chi connectivity index (χ0) is 21.3. The summed E-state index contributed by atoms with van der Waals surface area (Å²) in [6.07, 6.45) is 8.69. The number of rotatable bonds is 12. The van der Waals surface area contributed by atoms with Gasteiger partial charge in [-0.05, 0) is 56.0 Å². The lowest BCUT2D eigenvalue weighted by molar-refractivity contribution is -0.0335. The van der Waals surface area contributed by atoms with Gasteiger partial charge in [0.15, 0.2) is 0 Å². The number of unbranched alkanes of at least 4 members (excludes halogenated alkanes) is 5. The minimum absolute atomic E-state index is 0.259. The second-order valence-corrected chi connectivity index (χ2v) is 8.43. The Bertz CT molecular complexity index is 717. The topological polar surface area (TPSA) is 9.23 Å². The van der Waals surface area contributed by atoms with Crippen molar-refractivity contribution in [3.05, 3.63) is 59.7 Å². The molecule has 3 heteroatoms. The molecule has 0 bridgehead atoms. The molecule has 0 saturated carbocycles.